The Morgan fingerprint density at radius 2 is 2.00 bits per heavy atom. The van der Waals surface area contributed by atoms with E-state index >= 15 is 0 Å². The van der Waals surface area contributed by atoms with Crippen molar-refractivity contribution in [2.24, 2.45) is 0 Å². The Kier molecular flexibility index (Phi) is 3.41. The van der Waals surface area contributed by atoms with E-state index in [4.69, 9.17) is 0 Å². The Hall–Kier alpha value is -2.50. The molecule has 0 aliphatic heterocycles. The van der Waals surface area contributed by atoms with Gasteiger partial charge in [0.05, 0.1) is 4.92 Å². The third-order valence-corrected chi connectivity index (χ3v) is 2.90. The lowest BCUT2D eigenvalue weighted by atomic mass is 10.00. The Balaban J connectivity index is 2.54. The van der Waals surface area contributed by atoms with Crippen LogP contribution in [0.1, 0.15) is 30.0 Å². The van der Waals surface area contributed by atoms with Crippen molar-refractivity contribution in [3.05, 3.63) is 45.8 Å². The van der Waals surface area contributed by atoms with Crippen LogP contribution in [0.4, 0.5) is 5.69 Å². The van der Waals surface area contributed by atoms with E-state index in [-0.39, 0.29) is 11.5 Å². The van der Waals surface area contributed by atoms with Gasteiger partial charge in [0.25, 0.3) is 5.69 Å². The van der Waals surface area contributed by atoms with Crippen molar-refractivity contribution in [1.29, 1.82) is 0 Å². The molecule has 0 bridgehead atoms. The molecular weight excluding hydrogens is 246 g/mol. The molecule has 1 N–H and O–H groups in total. The second kappa shape index (κ2) is 5.01. The molecule has 0 amide bonds. The number of aromatic nitrogens is 2. The number of H-pyrrole nitrogens is 1. The molecule has 0 unspecified atom stereocenters. The zero-order chi connectivity index (χ0) is 14.0. The van der Waals surface area contributed by atoms with Gasteiger partial charge in [-0.05, 0) is 24.1 Å². The molecule has 2 rings (SSSR count). The molecule has 6 nitrogen and oxygen atoms in total. The molecule has 0 radical (unpaired) electrons. The number of aryl methyl sites for hydroxylation is 1. The van der Waals surface area contributed by atoms with Crippen LogP contribution in [0.3, 0.4) is 0 Å². The van der Waals surface area contributed by atoms with E-state index in [2.05, 4.69) is 10.2 Å². The van der Waals surface area contributed by atoms with Gasteiger partial charge in [0.1, 0.15) is 5.69 Å². The molecule has 1 aromatic carbocycles. The molecular formula is C13H13N3O3. The van der Waals surface area contributed by atoms with Gasteiger partial charge in [-0.25, -0.2) is 0 Å². The summed E-state index contributed by atoms with van der Waals surface area (Å²) in [5, 5.41) is 17.5. The van der Waals surface area contributed by atoms with Gasteiger partial charge in [0, 0.05) is 30.3 Å². The predicted molar refractivity (Wildman–Crippen MR) is 70.1 cm³/mol. The number of hydrogen-bond acceptors (Lipinski definition) is 4. The van der Waals surface area contributed by atoms with Gasteiger partial charge in [-0.15, -0.1) is 0 Å². The summed E-state index contributed by atoms with van der Waals surface area (Å²) in [5.41, 5.74) is 2.71. The molecule has 0 aliphatic carbocycles. The third-order valence-electron chi connectivity index (χ3n) is 2.90. The Bertz CT molecular complexity index is 629. The Labute approximate surface area is 109 Å². The summed E-state index contributed by atoms with van der Waals surface area (Å²) < 4.78 is 0. The number of nitrogens with one attached hydrogen (secondary N) is 1. The fraction of sp³-hybridized carbons (Fsp3) is 0.231. The monoisotopic (exact) mass is 259 g/mol. The number of non-ortho nitro benzene ring substituents is 1. The maximum Gasteiger partial charge on any atom is 0.269 e. The van der Waals surface area contributed by atoms with Crippen LogP contribution in [0.2, 0.25) is 0 Å². The van der Waals surface area contributed by atoms with Crippen molar-refractivity contribution >= 4 is 11.5 Å². The first-order chi connectivity index (χ1) is 9.04. The highest BCUT2D eigenvalue weighted by molar-refractivity contribution is 5.99. The number of nitro groups is 1. The van der Waals surface area contributed by atoms with Crippen molar-refractivity contribution in [1.82, 2.24) is 10.2 Å². The summed E-state index contributed by atoms with van der Waals surface area (Å²) >= 11 is 0. The fourth-order valence-corrected chi connectivity index (χ4v) is 1.95. The standard InChI is InChI=1S/C13H13N3O3/c1-3-11-12(13(8(2)17)15-14-11)9-4-6-10(7-5-9)16(18)19/h4-7H,3H2,1-2H3,(H,14,15). The number of hydrogen-bond donors (Lipinski definition) is 1. The van der Waals surface area contributed by atoms with Crippen LogP contribution in [0.25, 0.3) is 11.1 Å². The molecule has 6 heteroatoms. The highest BCUT2D eigenvalue weighted by Gasteiger charge is 2.18. The van der Waals surface area contributed by atoms with Crippen LogP contribution in [0, 0.1) is 10.1 Å². The van der Waals surface area contributed by atoms with E-state index in [1.54, 1.807) is 12.1 Å². The van der Waals surface area contributed by atoms with Crippen molar-refractivity contribution in [2.75, 3.05) is 0 Å². The molecule has 1 heterocycles. The van der Waals surface area contributed by atoms with Gasteiger partial charge in [-0.1, -0.05) is 6.92 Å². The zero-order valence-electron chi connectivity index (χ0n) is 10.6. The van der Waals surface area contributed by atoms with Gasteiger partial charge < -0.3 is 0 Å². The molecule has 0 saturated carbocycles. The SMILES string of the molecule is CCc1[nH]nc(C(C)=O)c1-c1ccc([N+](=O)[O-])cc1. The van der Waals surface area contributed by atoms with Gasteiger partial charge in [0.15, 0.2) is 5.78 Å². The number of Topliss-reactive ketones (excluding diaryl/α,β-unsaturated/α-hetero) is 1. The van der Waals surface area contributed by atoms with Crippen molar-refractivity contribution < 1.29 is 9.72 Å². The summed E-state index contributed by atoms with van der Waals surface area (Å²) in [4.78, 5) is 21.7. The maximum absolute atomic E-state index is 11.6. The summed E-state index contributed by atoms with van der Waals surface area (Å²) in [5.74, 6) is -0.135. The number of ketones is 1. The van der Waals surface area contributed by atoms with E-state index in [1.165, 1.54) is 19.1 Å². The number of nitro benzene ring substituents is 1. The van der Waals surface area contributed by atoms with Gasteiger partial charge in [0.2, 0.25) is 0 Å². The van der Waals surface area contributed by atoms with Crippen LogP contribution in [0.5, 0.6) is 0 Å². The van der Waals surface area contributed by atoms with Crippen LogP contribution < -0.4 is 0 Å². The van der Waals surface area contributed by atoms with Crippen LogP contribution >= 0.6 is 0 Å². The summed E-state index contributed by atoms with van der Waals surface area (Å²) in [6, 6.07) is 6.11. The van der Waals surface area contributed by atoms with Crippen LogP contribution in [-0.2, 0) is 6.42 Å². The molecule has 0 saturated heterocycles. The molecule has 0 fully saturated rings. The molecule has 19 heavy (non-hydrogen) atoms. The molecule has 0 atom stereocenters. The van der Waals surface area contributed by atoms with E-state index in [0.29, 0.717) is 12.1 Å². The lowest BCUT2D eigenvalue weighted by molar-refractivity contribution is -0.384. The number of aromatic amines is 1. The minimum atomic E-state index is -0.453. The van der Waals surface area contributed by atoms with Gasteiger partial charge >= 0.3 is 0 Å². The summed E-state index contributed by atoms with van der Waals surface area (Å²) in [6.45, 7) is 3.40. The fourth-order valence-electron chi connectivity index (χ4n) is 1.95. The minimum Gasteiger partial charge on any atom is -0.293 e. The minimum absolute atomic E-state index is 0.0228. The van der Waals surface area contributed by atoms with E-state index in [9.17, 15) is 14.9 Å². The number of benzene rings is 1. The Morgan fingerprint density at radius 3 is 2.47 bits per heavy atom. The highest BCUT2D eigenvalue weighted by atomic mass is 16.6. The topological polar surface area (TPSA) is 88.9 Å². The molecule has 1 aromatic heterocycles. The zero-order valence-corrected chi connectivity index (χ0v) is 10.6. The van der Waals surface area contributed by atoms with Crippen molar-refractivity contribution in [2.45, 2.75) is 20.3 Å². The number of carbonyl (C=O) groups excluding carboxylic acids is 1. The highest BCUT2D eigenvalue weighted by Crippen LogP contribution is 2.28. The van der Waals surface area contributed by atoms with E-state index in [1.807, 2.05) is 6.92 Å². The normalized spacial score (nSPS) is 10.4. The lowest BCUT2D eigenvalue weighted by Gasteiger charge is -2.03. The van der Waals surface area contributed by atoms with Crippen molar-refractivity contribution in [3.63, 3.8) is 0 Å². The second-order valence-corrected chi connectivity index (χ2v) is 4.14. The molecule has 98 valence electrons. The number of carbonyl (C=O) groups is 1. The summed E-state index contributed by atoms with van der Waals surface area (Å²) in [7, 11) is 0. The number of nitrogens with zero attached hydrogens (tertiary/aromatic N) is 2. The molecule has 2 aromatic rings. The van der Waals surface area contributed by atoms with Gasteiger partial charge in [-0.2, -0.15) is 5.10 Å². The maximum atomic E-state index is 11.6. The van der Waals surface area contributed by atoms with Crippen molar-refractivity contribution in [3.8, 4) is 11.1 Å². The molecule has 0 aliphatic rings. The number of rotatable bonds is 4. The largest absolute Gasteiger partial charge is 0.293 e. The quantitative estimate of drug-likeness (QED) is 0.519. The first kappa shape index (κ1) is 12.9. The van der Waals surface area contributed by atoms with Crippen LogP contribution in [-0.4, -0.2) is 20.9 Å². The van der Waals surface area contributed by atoms with E-state index < -0.39 is 4.92 Å². The van der Waals surface area contributed by atoms with E-state index in [0.717, 1.165) is 16.8 Å². The third kappa shape index (κ3) is 2.37. The first-order valence-corrected chi connectivity index (χ1v) is 5.87. The van der Waals surface area contributed by atoms with Gasteiger partial charge in [-0.3, -0.25) is 20.0 Å². The average molecular weight is 259 g/mol. The lowest BCUT2D eigenvalue weighted by Crippen LogP contribution is -1.96. The van der Waals surface area contributed by atoms with Crippen LogP contribution in [0.15, 0.2) is 24.3 Å². The predicted octanol–water partition coefficient (Wildman–Crippen LogP) is 2.75. The Morgan fingerprint density at radius 1 is 1.37 bits per heavy atom. The second-order valence-electron chi connectivity index (χ2n) is 4.14. The smallest absolute Gasteiger partial charge is 0.269 e. The average Bonchev–Trinajstić information content (AvgIpc) is 2.82. The first-order valence-electron chi connectivity index (χ1n) is 5.87. The molecule has 0 spiro atoms. The summed E-state index contributed by atoms with van der Waals surface area (Å²) in [6.07, 6.45) is 0.701.